The molecule has 0 aromatic carbocycles. The van der Waals surface area contributed by atoms with Crippen molar-refractivity contribution in [1.82, 2.24) is 9.97 Å². The molecule has 0 aliphatic carbocycles. The van der Waals surface area contributed by atoms with Crippen LogP contribution in [0.15, 0.2) is 12.4 Å². The van der Waals surface area contributed by atoms with E-state index >= 15 is 0 Å². The Hall–Kier alpha value is -2.40. The number of aromatic nitrogens is 2. The highest BCUT2D eigenvalue weighted by molar-refractivity contribution is 6.83. The quantitative estimate of drug-likeness (QED) is 0.478. The Morgan fingerprint density at radius 3 is 2.15 bits per heavy atom. The summed E-state index contributed by atoms with van der Waals surface area (Å²) in [6, 6.07) is 0. The second-order valence-corrected chi connectivity index (χ2v) is 13.7. The molecule has 1 N–H and O–H groups in total. The molecule has 7 nitrogen and oxygen atoms in total. The summed E-state index contributed by atoms with van der Waals surface area (Å²) in [4.78, 5) is 33.4. The molecule has 0 radical (unpaired) electrons. The fraction of sp³-hybridized carbons (Fsp3) is 0.579. The Morgan fingerprint density at radius 1 is 1.15 bits per heavy atom. The summed E-state index contributed by atoms with van der Waals surface area (Å²) < 4.78 is 5.31. The third-order valence-electron chi connectivity index (χ3n) is 3.23. The predicted octanol–water partition coefficient (Wildman–Crippen LogP) is 3.70. The molecular weight excluding hydrogens is 362 g/mol. The highest BCUT2D eigenvalue weighted by Crippen LogP contribution is 2.26. The van der Waals surface area contributed by atoms with Crippen LogP contribution in [-0.4, -0.2) is 46.4 Å². The smallest absolute Gasteiger partial charge is 0.413 e. The first-order valence-electron chi connectivity index (χ1n) is 8.71. The zero-order chi connectivity index (χ0) is 21.0. The fourth-order valence-corrected chi connectivity index (χ4v) is 2.73. The molecule has 8 heteroatoms. The van der Waals surface area contributed by atoms with Gasteiger partial charge in [-0.3, -0.25) is 9.69 Å². The van der Waals surface area contributed by atoms with Gasteiger partial charge in [-0.1, -0.05) is 25.6 Å². The zero-order valence-electron chi connectivity index (χ0n) is 17.4. The molecular formula is C19H29N3O4Si. The van der Waals surface area contributed by atoms with Crippen LogP contribution < -0.4 is 4.90 Å². The molecule has 0 spiro atoms. The minimum atomic E-state index is -1.55. The predicted molar refractivity (Wildman–Crippen MR) is 107 cm³/mol. The van der Waals surface area contributed by atoms with E-state index in [4.69, 9.17) is 4.74 Å². The van der Waals surface area contributed by atoms with Crippen LogP contribution in [0.3, 0.4) is 0 Å². The van der Waals surface area contributed by atoms with E-state index in [-0.39, 0.29) is 12.2 Å². The first-order chi connectivity index (χ1) is 12.1. The van der Waals surface area contributed by atoms with Crippen molar-refractivity contribution in [1.29, 1.82) is 0 Å². The second-order valence-electron chi connectivity index (χ2n) is 8.95. The molecule has 0 fully saturated rings. The van der Waals surface area contributed by atoms with Crippen LogP contribution in [0.1, 0.15) is 46.7 Å². The van der Waals surface area contributed by atoms with Crippen LogP contribution in [0.4, 0.5) is 10.6 Å². The van der Waals surface area contributed by atoms with E-state index in [0.29, 0.717) is 5.69 Å². The Labute approximate surface area is 162 Å². The monoisotopic (exact) mass is 391 g/mol. The molecule has 1 rings (SSSR count). The number of anilines is 1. The third-order valence-corrected chi connectivity index (χ3v) is 4.10. The molecule has 0 saturated carbocycles. The Kier molecular flexibility index (Phi) is 6.78. The lowest BCUT2D eigenvalue weighted by molar-refractivity contribution is -0.155. The minimum absolute atomic E-state index is 0.116. The van der Waals surface area contributed by atoms with Gasteiger partial charge in [-0.15, -0.1) is 5.54 Å². The summed E-state index contributed by atoms with van der Waals surface area (Å²) in [6.07, 6.45) is 1.47. The number of carbonyl (C=O) groups excluding carboxylic acids is 1. The number of esters is 1. The van der Waals surface area contributed by atoms with Gasteiger partial charge in [0.2, 0.25) is 0 Å². The van der Waals surface area contributed by atoms with Crippen molar-refractivity contribution in [2.24, 2.45) is 0 Å². The van der Waals surface area contributed by atoms with Gasteiger partial charge in [0.05, 0.1) is 24.4 Å². The van der Waals surface area contributed by atoms with Gasteiger partial charge in [0.1, 0.15) is 19.4 Å². The van der Waals surface area contributed by atoms with Gasteiger partial charge in [-0.25, -0.2) is 14.8 Å². The summed E-state index contributed by atoms with van der Waals surface area (Å²) in [6.45, 7) is 14.9. The standard InChI is InChI=1S/C19H29N3O4Si/c1-18(2,3)26-16(23)11-19(4,5)22(17(24)25)15-13-20-14(12-21-15)9-10-27(6,7)8/h12-13H,11H2,1-8H3,(H,24,25). The first kappa shape index (κ1) is 22.6. The van der Waals surface area contributed by atoms with Gasteiger partial charge >= 0.3 is 12.1 Å². The van der Waals surface area contributed by atoms with Gasteiger partial charge in [-0.2, -0.15) is 0 Å². The number of carboxylic acid groups (broad SMARTS) is 1. The average molecular weight is 392 g/mol. The number of amides is 1. The van der Waals surface area contributed by atoms with Crippen LogP contribution in [0.5, 0.6) is 0 Å². The highest BCUT2D eigenvalue weighted by Gasteiger charge is 2.37. The van der Waals surface area contributed by atoms with Gasteiger partial charge < -0.3 is 9.84 Å². The lowest BCUT2D eigenvalue weighted by atomic mass is 9.98. The topological polar surface area (TPSA) is 92.6 Å². The van der Waals surface area contributed by atoms with E-state index in [1.807, 2.05) is 0 Å². The summed E-state index contributed by atoms with van der Waals surface area (Å²) in [5.74, 6) is 2.63. The van der Waals surface area contributed by atoms with Gasteiger partial charge in [0.25, 0.3) is 0 Å². The summed E-state index contributed by atoms with van der Waals surface area (Å²) in [7, 11) is -1.55. The minimum Gasteiger partial charge on any atom is -0.465 e. The third kappa shape index (κ3) is 7.79. The van der Waals surface area contributed by atoms with Crippen molar-refractivity contribution in [2.45, 2.75) is 71.8 Å². The zero-order valence-corrected chi connectivity index (χ0v) is 18.4. The molecule has 0 bridgehead atoms. The first-order valence-corrected chi connectivity index (χ1v) is 12.2. The molecule has 1 heterocycles. The molecule has 0 aliphatic rings. The van der Waals surface area contributed by atoms with Crippen molar-refractivity contribution in [2.75, 3.05) is 4.90 Å². The summed E-state index contributed by atoms with van der Waals surface area (Å²) in [5, 5.41) is 9.67. The van der Waals surface area contributed by atoms with Gasteiger partial charge in [-0.05, 0) is 34.6 Å². The maximum Gasteiger partial charge on any atom is 0.413 e. The Morgan fingerprint density at radius 2 is 1.74 bits per heavy atom. The Bertz CT molecular complexity index is 750. The number of rotatable bonds is 4. The van der Waals surface area contributed by atoms with Crippen molar-refractivity contribution in [3.63, 3.8) is 0 Å². The molecule has 27 heavy (non-hydrogen) atoms. The molecule has 1 aromatic rings. The van der Waals surface area contributed by atoms with Gasteiger partial charge in [0, 0.05) is 0 Å². The van der Waals surface area contributed by atoms with Crippen LogP contribution in [0, 0.1) is 11.5 Å². The van der Waals surface area contributed by atoms with Crippen LogP contribution in [0.2, 0.25) is 19.6 Å². The van der Waals surface area contributed by atoms with E-state index in [0.717, 1.165) is 4.90 Å². The number of hydrogen-bond donors (Lipinski definition) is 1. The van der Waals surface area contributed by atoms with E-state index in [9.17, 15) is 14.7 Å². The molecule has 0 saturated heterocycles. The summed E-state index contributed by atoms with van der Waals surface area (Å²) in [5.41, 5.74) is 1.96. The second kappa shape index (κ2) is 8.09. The van der Waals surface area contributed by atoms with E-state index in [1.54, 1.807) is 34.6 Å². The highest BCUT2D eigenvalue weighted by atomic mass is 28.3. The maximum absolute atomic E-state index is 12.2. The summed E-state index contributed by atoms with van der Waals surface area (Å²) >= 11 is 0. The molecule has 1 amide bonds. The normalized spacial score (nSPS) is 12.0. The molecule has 148 valence electrons. The largest absolute Gasteiger partial charge is 0.465 e. The number of ether oxygens (including phenoxy) is 1. The van der Waals surface area contributed by atoms with Crippen molar-refractivity contribution in [3.8, 4) is 11.5 Å². The Balaban J connectivity index is 3.08. The molecule has 0 atom stereocenters. The van der Waals surface area contributed by atoms with Crippen LogP contribution >= 0.6 is 0 Å². The van der Waals surface area contributed by atoms with Crippen LogP contribution in [0.25, 0.3) is 0 Å². The fourth-order valence-electron chi connectivity index (χ4n) is 2.23. The molecule has 1 aromatic heterocycles. The lowest BCUT2D eigenvalue weighted by Gasteiger charge is -2.35. The van der Waals surface area contributed by atoms with Gasteiger partial charge in [0.15, 0.2) is 5.82 Å². The average Bonchev–Trinajstić information content (AvgIpc) is 2.42. The van der Waals surface area contributed by atoms with E-state index < -0.39 is 31.3 Å². The SMILES string of the molecule is CC(C)(C)OC(=O)CC(C)(C)N(C(=O)O)c1cnc(C#C[Si](C)(C)C)cn1. The van der Waals surface area contributed by atoms with E-state index in [2.05, 4.69) is 41.1 Å². The number of nitrogens with zero attached hydrogens (tertiary/aromatic N) is 3. The molecule has 0 aliphatic heterocycles. The van der Waals surface area contributed by atoms with Crippen molar-refractivity contribution in [3.05, 3.63) is 18.1 Å². The van der Waals surface area contributed by atoms with Crippen molar-refractivity contribution < 1.29 is 19.4 Å². The molecule has 0 unspecified atom stereocenters. The lowest BCUT2D eigenvalue weighted by Crippen LogP contribution is -2.50. The number of carbonyl (C=O) groups is 2. The van der Waals surface area contributed by atoms with E-state index in [1.165, 1.54) is 12.4 Å². The number of hydrogen-bond acceptors (Lipinski definition) is 5. The van der Waals surface area contributed by atoms with Crippen LogP contribution in [-0.2, 0) is 9.53 Å². The maximum atomic E-state index is 12.2. The van der Waals surface area contributed by atoms with Crippen molar-refractivity contribution >= 4 is 26.0 Å².